The summed E-state index contributed by atoms with van der Waals surface area (Å²) in [6.07, 6.45) is 0. The van der Waals surface area contributed by atoms with Crippen molar-refractivity contribution in [2.45, 2.75) is 6.61 Å². The fourth-order valence-electron chi connectivity index (χ4n) is 1.99. The van der Waals surface area contributed by atoms with Gasteiger partial charge in [0.2, 0.25) is 0 Å². The quantitative estimate of drug-likeness (QED) is 0.690. The van der Waals surface area contributed by atoms with Crippen molar-refractivity contribution in [1.29, 1.82) is 0 Å². The van der Waals surface area contributed by atoms with Gasteiger partial charge >= 0.3 is 5.97 Å². The number of esters is 1. The Labute approximate surface area is 126 Å². The third kappa shape index (κ3) is 2.87. The molecule has 0 aliphatic carbocycles. The van der Waals surface area contributed by atoms with Crippen LogP contribution in [0.2, 0.25) is 0 Å². The average molecular weight is 299 g/mol. The van der Waals surface area contributed by atoms with Gasteiger partial charge < -0.3 is 9.47 Å². The van der Waals surface area contributed by atoms with Gasteiger partial charge in [-0.3, -0.25) is 0 Å². The van der Waals surface area contributed by atoms with E-state index in [2.05, 4.69) is 4.98 Å². The van der Waals surface area contributed by atoms with Gasteiger partial charge in [0.25, 0.3) is 0 Å². The Balaban J connectivity index is 1.80. The summed E-state index contributed by atoms with van der Waals surface area (Å²) in [5.41, 5.74) is 1.38. The van der Waals surface area contributed by atoms with Crippen molar-refractivity contribution in [3.63, 3.8) is 0 Å². The Morgan fingerprint density at radius 2 is 1.90 bits per heavy atom. The number of thiazole rings is 1. The predicted octanol–water partition coefficient (Wildman–Crippen LogP) is 3.66. The molecule has 106 valence electrons. The lowest BCUT2D eigenvalue weighted by molar-refractivity contribution is 0.0595. The molecule has 1 heterocycles. The van der Waals surface area contributed by atoms with E-state index in [9.17, 15) is 4.79 Å². The lowest BCUT2D eigenvalue weighted by atomic mass is 10.2. The molecule has 21 heavy (non-hydrogen) atoms. The zero-order chi connectivity index (χ0) is 14.7. The minimum atomic E-state index is -0.408. The Kier molecular flexibility index (Phi) is 3.83. The monoisotopic (exact) mass is 299 g/mol. The Bertz CT molecular complexity index is 749. The van der Waals surface area contributed by atoms with E-state index in [1.165, 1.54) is 7.11 Å². The van der Waals surface area contributed by atoms with Crippen molar-refractivity contribution in [1.82, 2.24) is 4.98 Å². The molecule has 5 heteroatoms. The van der Waals surface area contributed by atoms with Gasteiger partial charge in [-0.15, -0.1) is 11.3 Å². The lowest BCUT2D eigenvalue weighted by Crippen LogP contribution is -2.05. The van der Waals surface area contributed by atoms with E-state index in [0.717, 1.165) is 15.2 Å². The van der Waals surface area contributed by atoms with E-state index in [1.54, 1.807) is 29.5 Å². The summed E-state index contributed by atoms with van der Waals surface area (Å²) in [4.78, 5) is 16.2. The molecule has 0 unspecified atom stereocenters. The third-order valence-corrected chi connectivity index (χ3v) is 3.99. The number of hydrogen-bond acceptors (Lipinski definition) is 5. The van der Waals surface area contributed by atoms with Crippen LogP contribution in [-0.2, 0) is 11.3 Å². The van der Waals surface area contributed by atoms with Crippen LogP contribution in [0.3, 0.4) is 0 Å². The van der Waals surface area contributed by atoms with E-state index in [-0.39, 0.29) is 0 Å². The van der Waals surface area contributed by atoms with Crippen LogP contribution >= 0.6 is 11.3 Å². The summed E-state index contributed by atoms with van der Waals surface area (Å²) in [5, 5.41) is 0.871. The molecule has 2 aromatic carbocycles. The molecule has 0 fully saturated rings. The molecule has 3 rings (SSSR count). The maximum Gasteiger partial charge on any atom is 0.341 e. The Morgan fingerprint density at radius 3 is 2.71 bits per heavy atom. The molecular weight excluding hydrogens is 286 g/mol. The number of ether oxygens (including phenoxy) is 2. The molecule has 0 radical (unpaired) electrons. The summed E-state index contributed by atoms with van der Waals surface area (Å²) in [6.45, 7) is 0.327. The van der Waals surface area contributed by atoms with Gasteiger partial charge in [-0.2, -0.15) is 0 Å². The van der Waals surface area contributed by atoms with Gasteiger partial charge in [-0.25, -0.2) is 9.78 Å². The van der Waals surface area contributed by atoms with Gasteiger partial charge in [0.15, 0.2) is 0 Å². The minimum absolute atomic E-state index is 0.327. The van der Waals surface area contributed by atoms with Crippen molar-refractivity contribution < 1.29 is 14.3 Å². The summed E-state index contributed by atoms with van der Waals surface area (Å²) in [5.74, 6) is 0.0958. The van der Waals surface area contributed by atoms with Gasteiger partial charge in [-0.1, -0.05) is 24.3 Å². The molecule has 3 aromatic rings. The highest BCUT2D eigenvalue weighted by Crippen LogP contribution is 2.24. The maximum atomic E-state index is 11.7. The van der Waals surface area contributed by atoms with E-state index in [4.69, 9.17) is 9.47 Å². The van der Waals surface area contributed by atoms with Crippen molar-refractivity contribution in [2.75, 3.05) is 7.11 Å². The predicted molar refractivity (Wildman–Crippen MR) is 81.7 cm³/mol. The lowest BCUT2D eigenvalue weighted by Gasteiger charge is -2.08. The van der Waals surface area contributed by atoms with Crippen LogP contribution in [0.5, 0.6) is 5.75 Å². The van der Waals surface area contributed by atoms with Gasteiger partial charge in [-0.05, 0) is 24.3 Å². The highest BCUT2D eigenvalue weighted by atomic mass is 32.1. The first kappa shape index (κ1) is 13.6. The van der Waals surface area contributed by atoms with Crippen molar-refractivity contribution in [3.8, 4) is 5.75 Å². The number of rotatable bonds is 4. The average Bonchev–Trinajstić information content (AvgIpc) is 2.95. The van der Waals surface area contributed by atoms with E-state index in [0.29, 0.717) is 17.9 Å². The summed E-state index contributed by atoms with van der Waals surface area (Å²) in [7, 11) is 1.35. The standard InChI is InChI=1S/C16H13NO3S/c1-19-16(18)11-6-2-4-8-13(11)20-10-15-17-12-7-3-5-9-14(12)21-15/h2-9H,10H2,1H3. The van der Waals surface area contributed by atoms with Crippen molar-refractivity contribution in [3.05, 3.63) is 59.1 Å². The maximum absolute atomic E-state index is 11.7. The summed E-state index contributed by atoms with van der Waals surface area (Å²) < 4.78 is 11.6. The van der Waals surface area contributed by atoms with Gasteiger partial charge in [0, 0.05) is 0 Å². The molecule has 0 saturated heterocycles. The van der Waals surface area contributed by atoms with Crippen LogP contribution in [0, 0.1) is 0 Å². The number of benzene rings is 2. The van der Waals surface area contributed by atoms with E-state index in [1.807, 2.05) is 30.3 Å². The van der Waals surface area contributed by atoms with E-state index >= 15 is 0 Å². The normalized spacial score (nSPS) is 10.5. The summed E-state index contributed by atoms with van der Waals surface area (Å²) in [6, 6.07) is 15.0. The van der Waals surface area contributed by atoms with Crippen LogP contribution in [0.4, 0.5) is 0 Å². The third-order valence-electron chi connectivity index (χ3n) is 2.98. The number of para-hydroxylation sites is 2. The fraction of sp³-hybridized carbons (Fsp3) is 0.125. The van der Waals surface area contributed by atoms with E-state index < -0.39 is 5.97 Å². The highest BCUT2D eigenvalue weighted by molar-refractivity contribution is 7.18. The Morgan fingerprint density at radius 1 is 1.14 bits per heavy atom. The van der Waals surface area contributed by atoms with Gasteiger partial charge in [0.1, 0.15) is 22.9 Å². The van der Waals surface area contributed by atoms with Crippen LogP contribution in [0.15, 0.2) is 48.5 Å². The molecule has 0 spiro atoms. The first-order valence-electron chi connectivity index (χ1n) is 6.42. The molecule has 0 aliphatic heterocycles. The molecule has 0 amide bonds. The number of carbonyl (C=O) groups excluding carboxylic acids is 1. The van der Waals surface area contributed by atoms with Crippen molar-refractivity contribution in [2.24, 2.45) is 0 Å². The minimum Gasteiger partial charge on any atom is -0.486 e. The molecule has 0 bridgehead atoms. The molecule has 0 N–H and O–H groups in total. The molecule has 0 atom stereocenters. The summed E-state index contributed by atoms with van der Waals surface area (Å²) >= 11 is 1.58. The van der Waals surface area contributed by atoms with Crippen molar-refractivity contribution >= 4 is 27.5 Å². The van der Waals surface area contributed by atoms with Crippen LogP contribution in [0.1, 0.15) is 15.4 Å². The number of nitrogens with zero attached hydrogens (tertiary/aromatic N) is 1. The molecule has 1 aromatic heterocycles. The second-order valence-corrected chi connectivity index (χ2v) is 5.47. The smallest absolute Gasteiger partial charge is 0.341 e. The van der Waals surface area contributed by atoms with Gasteiger partial charge in [0.05, 0.1) is 17.3 Å². The fourth-order valence-corrected chi connectivity index (χ4v) is 2.87. The van der Waals surface area contributed by atoms with Crippen LogP contribution < -0.4 is 4.74 Å². The second-order valence-electron chi connectivity index (χ2n) is 4.35. The largest absolute Gasteiger partial charge is 0.486 e. The molecule has 4 nitrogen and oxygen atoms in total. The topological polar surface area (TPSA) is 48.4 Å². The first-order valence-corrected chi connectivity index (χ1v) is 7.24. The number of hydrogen-bond donors (Lipinski definition) is 0. The zero-order valence-corrected chi connectivity index (χ0v) is 12.2. The molecular formula is C16H13NO3S. The highest BCUT2D eigenvalue weighted by Gasteiger charge is 2.13. The molecule has 0 saturated carbocycles. The number of methoxy groups -OCH3 is 1. The number of aromatic nitrogens is 1. The SMILES string of the molecule is COC(=O)c1ccccc1OCc1nc2ccccc2s1. The zero-order valence-electron chi connectivity index (χ0n) is 11.4. The number of carbonyl (C=O) groups is 1. The van der Waals surface area contributed by atoms with Crippen LogP contribution in [-0.4, -0.2) is 18.1 Å². The molecule has 0 aliphatic rings. The Hall–Kier alpha value is -2.40. The first-order chi connectivity index (χ1) is 10.3. The second kappa shape index (κ2) is 5.93. The van der Waals surface area contributed by atoms with Crippen LogP contribution in [0.25, 0.3) is 10.2 Å². The number of fused-ring (bicyclic) bond motifs is 1.